The van der Waals surface area contributed by atoms with Crippen LogP contribution >= 0.6 is 24.8 Å². The molecule has 2 rings (SSSR count). The molecule has 1 saturated heterocycles. The zero-order valence-electron chi connectivity index (χ0n) is 13.2. The lowest BCUT2D eigenvalue weighted by atomic mass is 9.91. The van der Waals surface area contributed by atoms with E-state index in [-0.39, 0.29) is 36.8 Å². The zero-order valence-corrected chi connectivity index (χ0v) is 14.9. The van der Waals surface area contributed by atoms with Crippen LogP contribution in [0.4, 0.5) is 0 Å². The molecule has 0 aromatic carbocycles. The number of aliphatic hydroxyl groups is 1. The summed E-state index contributed by atoms with van der Waals surface area (Å²) in [5, 5.41) is 11.8. The molecule has 8 heteroatoms. The number of aryl methyl sites for hydroxylation is 1. The number of carbonyl (C=O) groups excluding carboxylic acids is 1. The molecule has 1 fully saturated rings. The molecule has 0 unspecified atom stereocenters. The number of amides is 1. The molecule has 1 amide bonds. The predicted octanol–water partition coefficient (Wildman–Crippen LogP) is 0.829. The van der Waals surface area contributed by atoms with Gasteiger partial charge in [0.1, 0.15) is 6.61 Å². The Morgan fingerprint density at radius 3 is 2.64 bits per heavy atom. The maximum absolute atomic E-state index is 11.4. The van der Waals surface area contributed by atoms with Crippen molar-refractivity contribution in [2.45, 2.75) is 26.4 Å². The first-order valence-corrected chi connectivity index (χ1v) is 7.09. The molecule has 0 bridgehead atoms. The molecule has 0 aliphatic carbocycles. The van der Waals surface area contributed by atoms with Crippen molar-refractivity contribution in [2.24, 2.45) is 18.9 Å². The van der Waals surface area contributed by atoms with Crippen LogP contribution in [0, 0.1) is 11.8 Å². The number of halogens is 2. The van der Waals surface area contributed by atoms with Crippen molar-refractivity contribution in [3.63, 3.8) is 0 Å². The van der Waals surface area contributed by atoms with Crippen molar-refractivity contribution in [1.82, 2.24) is 19.8 Å². The maximum Gasteiger partial charge on any atom is 0.245 e. The van der Waals surface area contributed by atoms with Crippen LogP contribution in [0.1, 0.15) is 19.5 Å². The number of carbonyl (C=O) groups is 1. The second kappa shape index (κ2) is 9.35. The van der Waals surface area contributed by atoms with E-state index in [1.54, 1.807) is 6.33 Å². The Bertz CT molecular complexity index is 467. The van der Waals surface area contributed by atoms with Gasteiger partial charge in [-0.3, -0.25) is 9.69 Å². The minimum Gasteiger partial charge on any atom is -0.387 e. The predicted molar refractivity (Wildman–Crippen MR) is 90.3 cm³/mol. The highest BCUT2D eigenvalue weighted by Crippen LogP contribution is 2.25. The molecule has 0 saturated carbocycles. The van der Waals surface area contributed by atoms with Crippen molar-refractivity contribution in [1.29, 1.82) is 0 Å². The van der Waals surface area contributed by atoms with Crippen LogP contribution in [0.2, 0.25) is 0 Å². The SMILES string of the molecule is CC(C)[C@H]1CN(Cc2cncn2C)C[C@@H]1NC(=O)CO.Cl.Cl. The molecule has 6 nitrogen and oxygen atoms in total. The fourth-order valence-electron chi connectivity index (χ4n) is 2.89. The average Bonchev–Trinajstić information content (AvgIpc) is 2.97. The van der Waals surface area contributed by atoms with Gasteiger partial charge in [-0.15, -0.1) is 24.8 Å². The van der Waals surface area contributed by atoms with Crippen LogP contribution in [0.15, 0.2) is 12.5 Å². The lowest BCUT2D eigenvalue weighted by Gasteiger charge is -2.22. The first-order chi connectivity index (χ1) is 9.51. The minimum absolute atomic E-state index is 0. The number of likely N-dealkylation sites (tertiary alicyclic amines) is 1. The summed E-state index contributed by atoms with van der Waals surface area (Å²) in [7, 11) is 1.99. The van der Waals surface area contributed by atoms with E-state index in [1.807, 2.05) is 17.8 Å². The first kappa shape index (κ1) is 21.2. The van der Waals surface area contributed by atoms with Crippen molar-refractivity contribution in [2.75, 3.05) is 19.7 Å². The molecule has 2 atom stereocenters. The van der Waals surface area contributed by atoms with Gasteiger partial charge in [-0.25, -0.2) is 4.98 Å². The molecule has 1 aromatic heterocycles. The number of aromatic nitrogens is 2. The summed E-state index contributed by atoms with van der Waals surface area (Å²) in [6.45, 7) is 6.53. The third kappa shape index (κ3) is 5.12. The fourth-order valence-corrected chi connectivity index (χ4v) is 2.89. The Hall–Kier alpha value is -0.820. The molecule has 0 radical (unpaired) electrons. The van der Waals surface area contributed by atoms with E-state index in [0.717, 1.165) is 19.6 Å². The van der Waals surface area contributed by atoms with Gasteiger partial charge in [0, 0.05) is 38.9 Å². The normalized spacial score (nSPS) is 21.3. The van der Waals surface area contributed by atoms with Gasteiger partial charge < -0.3 is 15.0 Å². The van der Waals surface area contributed by atoms with Crippen LogP contribution in [-0.2, 0) is 18.4 Å². The molecular weight excluding hydrogens is 327 g/mol. The van der Waals surface area contributed by atoms with E-state index in [0.29, 0.717) is 11.8 Å². The molecular formula is C14H26Cl2N4O2. The Labute approximate surface area is 144 Å². The van der Waals surface area contributed by atoms with Crippen molar-refractivity contribution < 1.29 is 9.90 Å². The largest absolute Gasteiger partial charge is 0.387 e. The molecule has 128 valence electrons. The van der Waals surface area contributed by atoms with Gasteiger partial charge in [0.15, 0.2) is 0 Å². The Morgan fingerprint density at radius 2 is 2.14 bits per heavy atom. The average molecular weight is 353 g/mol. The van der Waals surface area contributed by atoms with E-state index in [4.69, 9.17) is 5.11 Å². The van der Waals surface area contributed by atoms with E-state index >= 15 is 0 Å². The number of imidazole rings is 1. The quantitative estimate of drug-likeness (QED) is 0.823. The Balaban J connectivity index is 0.00000220. The molecule has 22 heavy (non-hydrogen) atoms. The van der Waals surface area contributed by atoms with Gasteiger partial charge in [-0.2, -0.15) is 0 Å². The Morgan fingerprint density at radius 1 is 1.45 bits per heavy atom. The van der Waals surface area contributed by atoms with E-state index in [9.17, 15) is 4.79 Å². The number of hydrogen-bond donors (Lipinski definition) is 2. The Kier molecular flexibility index (Phi) is 9.00. The van der Waals surface area contributed by atoms with Crippen molar-refractivity contribution >= 4 is 30.7 Å². The van der Waals surface area contributed by atoms with E-state index in [1.165, 1.54) is 5.69 Å². The molecule has 2 N–H and O–H groups in total. The summed E-state index contributed by atoms with van der Waals surface area (Å²) < 4.78 is 2.02. The third-order valence-corrected chi connectivity index (χ3v) is 4.09. The molecule has 2 heterocycles. The zero-order chi connectivity index (χ0) is 14.7. The van der Waals surface area contributed by atoms with Crippen LogP contribution < -0.4 is 5.32 Å². The van der Waals surface area contributed by atoms with Gasteiger partial charge in [0.05, 0.1) is 12.0 Å². The second-order valence-electron chi connectivity index (χ2n) is 5.93. The van der Waals surface area contributed by atoms with Crippen LogP contribution in [0.25, 0.3) is 0 Å². The van der Waals surface area contributed by atoms with Crippen LogP contribution in [0.3, 0.4) is 0 Å². The highest BCUT2D eigenvalue weighted by atomic mass is 35.5. The van der Waals surface area contributed by atoms with Gasteiger partial charge in [0.25, 0.3) is 0 Å². The summed E-state index contributed by atoms with van der Waals surface area (Å²) in [5.41, 5.74) is 1.17. The highest BCUT2D eigenvalue weighted by molar-refractivity contribution is 5.85. The molecule has 0 spiro atoms. The molecule has 1 aromatic rings. The second-order valence-corrected chi connectivity index (χ2v) is 5.93. The monoisotopic (exact) mass is 352 g/mol. The van der Waals surface area contributed by atoms with Crippen LogP contribution in [0.5, 0.6) is 0 Å². The van der Waals surface area contributed by atoms with Gasteiger partial charge >= 0.3 is 0 Å². The van der Waals surface area contributed by atoms with Crippen molar-refractivity contribution in [3.05, 3.63) is 18.2 Å². The lowest BCUT2D eigenvalue weighted by molar-refractivity contribution is -0.124. The fraction of sp³-hybridized carbons (Fsp3) is 0.714. The maximum atomic E-state index is 11.4. The summed E-state index contributed by atoms with van der Waals surface area (Å²) in [6, 6.07) is 0.114. The van der Waals surface area contributed by atoms with Gasteiger partial charge in [-0.1, -0.05) is 13.8 Å². The van der Waals surface area contributed by atoms with Gasteiger partial charge in [0.2, 0.25) is 5.91 Å². The smallest absolute Gasteiger partial charge is 0.245 e. The first-order valence-electron chi connectivity index (χ1n) is 7.09. The topological polar surface area (TPSA) is 70.4 Å². The number of hydrogen-bond acceptors (Lipinski definition) is 4. The minimum atomic E-state index is -0.441. The van der Waals surface area contributed by atoms with E-state index < -0.39 is 6.61 Å². The summed E-state index contributed by atoms with van der Waals surface area (Å²) in [6.07, 6.45) is 3.68. The number of rotatable bonds is 5. The summed E-state index contributed by atoms with van der Waals surface area (Å²) in [5.74, 6) is 0.622. The van der Waals surface area contributed by atoms with Crippen LogP contribution in [-0.4, -0.2) is 51.2 Å². The van der Waals surface area contributed by atoms with Crippen molar-refractivity contribution in [3.8, 4) is 0 Å². The third-order valence-electron chi connectivity index (χ3n) is 4.09. The number of nitrogens with one attached hydrogen (secondary N) is 1. The highest BCUT2D eigenvalue weighted by Gasteiger charge is 2.35. The molecule has 1 aliphatic rings. The van der Waals surface area contributed by atoms with Gasteiger partial charge in [-0.05, 0) is 11.8 Å². The lowest BCUT2D eigenvalue weighted by Crippen LogP contribution is -2.43. The standard InChI is InChI=1S/C14H24N4O2.2ClH/c1-10(2)12-6-18(5-11-4-15-9-17(11)3)7-13(12)16-14(20)8-19;;/h4,9-10,12-13,19H,5-8H2,1-3H3,(H,16,20);2*1H/t12-,13+;;/m1../s1. The summed E-state index contributed by atoms with van der Waals surface area (Å²) in [4.78, 5) is 17.9. The summed E-state index contributed by atoms with van der Waals surface area (Å²) >= 11 is 0. The molecule has 1 aliphatic heterocycles. The van der Waals surface area contributed by atoms with E-state index in [2.05, 4.69) is 29.0 Å². The number of aliphatic hydroxyl groups excluding tert-OH is 1. The number of nitrogens with zero attached hydrogens (tertiary/aromatic N) is 3.